The molecule has 0 saturated carbocycles. The molecule has 0 fully saturated rings. The van der Waals surface area contributed by atoms with Gasteiger partial charge in [0.05, 0.1) is 0 Å². The maximum atomic E-state index is 12.9. The molecule has 18 heavy (non-hydrogen) atoms. The molecule has 0 bridgehead atoms. The first kappa shape index (κ1) is 11.1. The lowest BCUT2D eigenvalue weighted by molar-refractivity contribution is -0.286. The largest absolute Gasteiger partial charge is 0.586 e. The van der Waals surface area contributed by atoms with Gasteiger partial charge in [0.15, 0.2) is 11.5 Å². The van der Waals surface area contributed by atoms with Gasteiger partial charge in [0.1, 0.15) is 17.8 Å². The number of benzene rings is 1. The number of carboxylic acid groups (broad SMARTS) is 1. The van der Waals surface area contributed by atoms with Crippen molar-refractivity contribution in [2.45, 2.75) is 18.6 Å². The zero-order valence-corrected chi connectivity index (χ0v) is 9.20. The molecule has 1 atom stereocenters. The Morgan fingerprint density at radius 2 is 1.89 bits per heavy atom. The molecule has 3 rings (SSSR count). The summed E-state index contributed by atoms with van der Waals surface area (Å²) in [6.07, 6.45) is -3.73. The second kappa shape index (κ2) is 3.04. The molecule has 2 aliphatic rings. The van der Waals surface area contributed by atoms with Crippen LogP contribution in [0.4, 0.5) is 8.78 Å². The van der Waals surface area contributed by atoms with Gasteiger partial charge in [0.2, 0.25) is 0 Å². The van der Waals surface area contributed by atoms with E-state index < -0.39 is 17.7 Å². The van der Waals surface area contributed by atoms with Crippen molar-refractivity contribution in [1.29, 1.82) is 0 Å². The number of fused-ring (bicyclic) bond motifs is 2. The Morgan fingerprint density at radius 3 is 2.50 bits per heavy atom. The number of alkyl halides is 2. The molecule has 0 saturated heterocycles. The van der Waals surface area contributed by atoms with E-state index >= 15 is 0 Å². The molecule has 7 heteroatoms. The van der Waals surface area contributed by atoms with Gasteiger partial charge in [-0.3, -0.25) is 4.79 Å². The van der Waals surface area contributed by atoms with E-state index in [0.717, 1.165) is 0 Å². The summed E-state index contributed by atoms with van der Waals surface area (Å²) in [5, 5.41) is 9.17. The minimum atomic E-state index is -3.73. The molecule has 2 aliphatic heterocycles. The summed E-state index contributed by atoms with van der Waals surface area (Å²) in [5.41, 5.74) is -0.971. The molecule has 0 amide bonds. The fourth-order valence-electron chi connectivity index (χ4n) is 2.01. The zero-order chi connectivity index (χ0) is 13.1. The van der Waals surface area contributed by atoms with Gasteiger partial charge in [0.25, 0.3) is 0 Å². The lowest BCUT2D eigenvalue weighted by Gasteiger charge is -2.16. The van der Waals surface area contributed by atoms with Crippen LogP contribution >= 0.6 is 0 Å². The van der Waals surface area contributed by atoms with Crippen LogP contribution in [-0.4, -0.2) is 24.0 Å². The van der Waals surface area contributed by atoms with E-state index in [1.807, 2.05) is 0 Å². The van der Waals surface area contributed by atoms with E-state index in [1.165, 1.54) is 19.1 Å². The van der Waals surface area contributed by atoms with Gasteiger partial charge in [-0.25, -0.2) is 0 Å². The highest BCUT2D eigenvalue weighted by Gasteiger charge is 2.48. The number of hydrogen-bond acceptors (Lipinski definition) is 4. The first-order valence-electron chi connectivity index (χ1n) is 5.12. The van der Waals surface area contributed by atoms with Crippen LogP contribution in [0.3, 0.4) is 0 Å². The molecule has 1 aromatic rings. The summed E-state index contributed by atoms with van der Waals surface area (Å²) >= 11 is 0. The lowest BCUT2D eigenvalue weighted by Crippen LogP contribution is -2.33. The van der Waals surface area contributed by atoms with Crippen molar-refractivity contribution in [2.75, 3.05) is 6.61 Å². The summed E-state index contributed by atoms with van der Waals surface area (Å²) in [5.74, 6) is -1.21. The predicted molar refractivity (Wildman–Crippen MR) is 53.1 cm³/mol. The monoisotopic (exact) mass is 258 g/mol. The van der Waals surface area contributed by atoms with Gasteiger partial charge < -0.3 is 19.3 Å². The SMILES string of the molecule is CC1(C(=O)O)COc2cc3c(cc21)OC(F)(F)O3. The maximum absolute atomic E-state index is 12.9. The molecule has 0 spiro atoms. The van der Waals surface area contributed by atoms with Crippen LogP contribution in [0.25, 0.3) is 0 Å². The number of halogens is 2. The third-order valence-corrected chi connectivity index (χ3v) is 3.09. The van der Waals surface area contributed by atoms with Crippen LogP contribution in [0, 0.1) is 0 Å². The number of carbonyl (C=O) groups is 1. The van der Waals surface area contributed by atoms with E-state index in [1.54, 1.807) is 0 Å². The normalized spacial score (nSPS) is 26.6. The van der Waals surface area contributed by atoms with Crippen molar-refractivity contribution >= 4 is 5.97 Å². The standard InChI is InChI=1S/C11H8F2O5/c1-10(9(14)15)4-16-6-3-8-7(2-5(6)10)17-11(12,13)18-8/h2-3H,4H2,1H3,(H,14,15). The molecule has 2 heterocycles. The quantitative estimate of drug-likeness (QED) is 0.831. The van der Waals surface area contributed by atoms with Gasteiger partial charge in [-0.1, -0.05) is 0 Å². The number of ether oxygens (including phenoxy) is 3. The van der Waals surface area contributed by atoms with Crippen molar-refractivity contribution in [1.82, 2.24) is 0 Å². The van der Waals surface area contributed by atoms with Crippen molar-refractivity contribution in [3.05, 3.63) is 17.7 Å². The first-order valence-corrected chi connectivity index (χ1v) is 5.12. The second-order valence-corrected chi connectivity index (χ2v) is 4.39. The summed E-state index contributed by atoms with van der Waals surface area (Å²) in [6, 6.07) is 2.45. The van der Waals surface area contributed by atoms with Gasteiger partial charge in [-0.2, -0.15) is 0 Å². The van der Waals surface area contributed by atoms with E-state index in [-0.39, 0.29) is 23.9 Å². The van der Waals surface area contributed by atoms with Crippen molar-refractivity contribution in [2.24, 2.45) is 0 Å². The van der Waals surface area contributed by atoms with Gasteiger partial charge in [-0.15, -0.1) is 8.78 Å². The molecule has 1 aromatic carbocycles. The van der Waals surface area contributed by atoms with Crippen LogP contribution in [0.5, 0.6) is 17.2 Å². The average molecular weight is 258 g/mol. The molecular formula is C11H8F2O5. The second-order valence-electron chi connectivity index (χ2n) is 4.39. The highest BCUT2D eigenvalue weighted by Crippen LogP contribution is 2.49. The third kappa shape index (κ3) is 1.33. The van der Waals surface area contributed by atoms with E-state index in [2.05, 4.69) is 9.47 Å². The summed E-state index contributed by atoms with van der Waals surface area (Å²) in [6.45, 7) is 1.40. The number of hydrogen-bond donors (Lipinski definition) is 1. The van der Waals surface area contributed by atoms with Crippen molar-refractivity contribution in [3.8, 4) is 17.2 Å². The first-order chi connectivity index (χ1) is 8.32. The van der Waals surface area contributed by atoms with Crippen LogP contribution in [-0.2, 0) is 10.2 Å². The highest BCUT2D eigenvalue weighted by atomic mass is 19.3. The molecule has 5 nitrogen and oxygen atoms in total. The van der Waals surface area contributed by atoms with Crippen LogP contribution in [0.15, 0.2) is 12.1 Å². The van der Waals surface area contributed by atoms with E-state index in [0.29, 0.717) is 5.56 Å². The predicted octanol–water partition coefficient (Wildman–Crippen LogP) is 1.74. The third-order valence-electron chi connectivity index (χ3n) is 3.09. The zero-order valence-electron chi connectivity index (χ0n) is 9.20. The molecule has 96 valence electrons. The number of aliphatic carboxylic acids is 1. The maximum Gasteiger partial charge on any atom is 0.586 e. The van der Waals surface area contributed by atoms with Gasteiger partial charge in [0, 0.05) is 11.6 Å². The fraction of sp³-hybridized carbons (Fsp3) is 0.364. The van der Waals surface area contributed by atoms with Crippen LogP contribution < -0.4 is 14.2 Å². The van der Waals surface area contributed by atoms with Crippen molar-refractivity contribution in [3.63, 3.8) is 0 Å². The number of carboxylic acids is 1. The number of rotatable bonds is 1. The topological polar surface area (TPSA) is 65.0 Å². The minimum absolute atomic E-state index is 0.0586. The molecule has 0 radical (unpaired) electrons. The van der Waals surface area contributed by atoms with E-state index in [9.17, 15) is 18.7 Å². The van der Waals surface area contributed by atoms with E-state index in [4.69, 9.17) is 4.74 Å². The Hall–Kier alpha value is -2.05. The Morgan fingerprint density at radius 1 is 1.28 bits per heavy atom. The minimum Gasteiger partial charge on any atom is -0.492 e. The Balaban J connectivity index is 2.11. The van der Waals surface area contributed by atoms with Crippen LogP contribution in [0.2, 0.25) is 0 Å². The van der Waals surface area contributed by atoms with Crippen molar-refractivity contribution < 1.29 is 32.9 Å². The molecule has 1 unspecified atom stereocenters. The molecule has 0 aliphatic carbocycles. The molecule has 1 N–H and O–H groups in total. The molecular weight excluding hydrogens is 250 g/mol. The van der Waals surface area contributed by atoms with Crippen LogP contribution in [0.1, 0.15) is 12.5 Å². The average Bonchev–Trinajstić information content (AvgIpc) is 2.72. The summed E-state index contributed by atoms with van der Waals surface area (Å²) in [7, 11) is 0. The van der Waals surface area contributed by atoms with Gasteiger partial charge in [-0.05, 0) is 13.0 Å². The molecule has 0 aromatic heterocycles. The van der Waals surface area contributed by atoms with Gasteiger partial charge >= 0.3 is 12.3 Å². The summed E-state index contributed by atoms with van der Waals surface area (Å²) < 4.78 is 39.5. The lowest BCUT2D eigenvalue weighted by atomic mass is 9.84. The Bertz CT molecular complexity index is 557. The fourth-order valence-corrected chi connectivity index (χ4v) is 2.01. The smallest absolute Gasteiger partial charge is 0.492 e. The summed E-state index contributed by atoms with van der Waals surface area (Å²) in [4.78, 5) is 11.2. The highest BCUT2D eigenvalue weighted by molar-refractivity contribution is 5.84. The Labute approximate surface area is 99.9 Å². The Kier molecular flexibility index (Phi) is 1.87.